The minimum Gasteiger partial charge on any atom is -0.469 e. The molecule has 1 aromatic carbocycles. The zero-order chi connectivity index (χ0) is 26.2. The molecule has 11 nitrogen and oxygen atoms in total. The van der Waals surface area contributed by atoms with Crippen molar-refractivity contribution in [2.45, 2.75) is 58.3 Å². The molecular weight excluding hydrogens is 458 g/mol. The molecule has 0 aromatic heterocycles. The SMILES string of the molecule is COC(=O)CC[C@]1(C(C)=O)C(=O)N(CC(=O)OC(C)(C)C)CCN1NC(=O)OCc1ccccc1. The summed E-state index contributed by atoms with van der Waals surface area (Å²) in [5, 5.41) is 1.18. The number of hydrazine groups is 1. The van der Waals surface area contributed by atoms with Gasteiger partial charge in [0, 0.05) is 19.5 Å². The predicted molar refractivity (Wildman–Crippen MR) is 124 cm³/mol. The lowest BCUT2D eigenvalue weighted by Crippen LogP contribution is -2.73. The Kier molecular flexibility index (Phi) is 9.35. The number of ether oxygens (including phenoxy) is 3. The van der Waals surface area contributed by atoms with E-state index in [1.165, 1.54) is 23.9 Å². The van der Waals surface area contributed by atoms with Crippen LogP contribution >= 0.6 is 0 Å². The lowest BCUT2D eigenvalue weighted by molar-refractivity contribution is -0.170. The lowest BCUT2D eigenvalue weighted by atomic mass is 9.85. The van der Waals surface area contributed by atoms with Crippen molar-refractivity contribution >= 4 is 29.7 Å². The number of rotatable bonds is 9. The van der Waals surface area contributed by atoms with Crippen molar-refractivity contribution in [1.82, 2.24) is 15.3 Å². The van der Waals surface area contributed by atoms with Gasteiger partial charge in [-0.3, -0.25) is 24.6 Å². The summed E-state index contributed by atoms with van der Waals surface area (Å²) in [7, 11) is 1.19. The molecule has 1 atom stereocenters. The molecule has 0 radical (unpaired) electrons. The molecule has 1 fully saturated rings. The van der Waals surface area contributed by atoms with Crippen molar-refractivity contribution in [3.05, 3.63) is 35.9 Å². The number of benzene rings is 1. The Morgan fingerprint density at radius 2 is 1.71 bits per heavy atom. The first kappa shape index (κ1) is 27.8. The van der Waals surface area contributed by atoms with Gasteiger partial charge in [0.1, 0.15) is 18.8 Å². The van der Waals surface area contributed by atoms with Crippen molar-refractivity contribution in [2.24, 2.45) is 0 Å². The molecule has 1 aliphatic rings. The first-order valence-electron chi connectivity index (χ1n) is 11.2. The summed E-state index contributed by atoms with van der Waals surface area (Å²) in [6.45, 7) is 5.93. The van der Waals surface area contributed by atoms with E-state index in [2.05, 4.69) is 10.2 Å². The number of carbonyl (C=O) groups excluding carboxylic acids is 5. The molecule has 2 amide bonds. The molecule has 11 heteroatoms. The third-order valence-corrected chi connectivity index (χ3v) is 5.38. The van der Waals surface area contributed by atoms with Crippen LogP contribution in [0.4, 0.5) is 4.79 Å². The first-order valence-corrected chi connectivity index (χ1v) is 11.2. The fraction of sp³-hybridized carbons (Fsp3) is 0.542. The second kappa shape index (κ2) is 11.8. The number of methoxy groups -OCH3 is 1. The van der Waals surface area contributed by atoms with Crippen LogP contribution in [0.3, 0.4) is 0 Å². The Hall–Kier alpha value is -3.47. The van der Waals surface area contributed by atoms with E-state index in [1.54, 1.807) is 45.0 Å². The second-order valence-electron chi connectivity index (χ2n) is 9.13. The van der Waals surface area contributed by atoms with Crippen LogP contribution in [0.2, 0.25) is 0 Å². The number of hydrogen-bond donors (Lipinski definition) is 1. The number of hydrogen-bond acceptors (Lipinski definition) is 9. The van der Waals surface area contributed by atoms with Crippen molar-refractivity contribution < 1.29 is 38.2 Å². The number of Topliss-reactive ketones (excluding diaryl/α,β-unsaturated/α-hetero) is 1. The Labute approximate surface area is 204 Å². The van der Waals surface area contributed by atoms with Gasteiger partial charge in [0.25, 0.3) is 5.91 Å². The van der Waals surface area contributed by atoms with Crippen LogP contribution in [-0.2, 0) is 40.0 Å². The van der Waals surface area contributed by atoms with Gasteiger partial charge in [0.2, 0.25) is 0 Å². The molecule has 1 heterocycles. The maximum absolute atomic E-state index is 13.6. The highest BCUT2D eigenvalue weighted by molar-refractivity contribution is 6.11. The minimum atomic E-state index is -1.93. The van der Waals surface area contributed by atoms with Crippen LogP contribution in [0.1, 0.15) is 46.1 Å². The van der Waals surface area contributed by atoms with Crippen molar-refractivity contribution in [2.75, 3.05) is 26.7 Å². The average molecular weight is 492 g/mol. The van der Waals surface area contributed by atoms with E-state index in [0.29, 0.717) is 0 Å². The number of nitrogens with one attached hydrogen (secondary N) is 1. The number of nitrogens with zero attached hydrogens (tertiary/aromatic N) is 2. The Morgan fingerprint density at radius 3 is 2.29 bits per heavy atom. The summed E-state index contributed by atoms with van der Waals surface area (Å²) in [5.41, 5.74) is 0.550. The summed E-state index contributed by atoms with van der Waals surface area (Å²) < 4.78 is 15.2. The van der Waals surface area contributed by atoms with Gasteiger partial charge in [-0.05, 0) is 39.7 Å². The van der Waals surface area contributed by atoms with E-state index < -0.39 is 40.9 Å². The number of piperazine rings is 1. The Balaban J connectivity index is 2.24. The summed E-state index contributed by atoms with van der Waals surface area (Å²) in [4.78, 5) is 64.5. The van der Waals surface area contributed by atoms with E-state index in [9.17, 15) is 24.0 Å². The first-order chi connectivity index (χ1) is 16.4. The molecule has 0 unspecified atom stereocenters. The quantitative estimate of drug-likeness (QED) is 0.311. The van der Waals surface area contributed by atoms with E-state index in [-0.39, 0.29) is 39.1 Å². The molecule has 192 valence electrons. The summed E-state index contributed by atoms with van der Waals surface area (Å²) in [6.07, 6.45) is -1.40. The van der Waals surface area contributed by atoms with Crippen LogP contribution in [0.15, 0.2) is 30.3 Å². The van der Waals surface area contributed by atoms with Gasteiger partial charge in [-0.25, -0.2) is 4.79 Å². The maximum Gasteiger partial charge on any atom is 0.422 e. The van der Waals surface area contributed by atoms with Gasteiger partial charge in [-0.1, -0.05) is 30.3 Å². The molecule has 1 N–H and O–H groups in total. The number of carbonyl (C=O) groups is 5. The highest BCUT2D eigenvalue weighted by atomic mass is 16.6. The van der Waals surface area contributed by atoms with Crippen LogP contribution in [0.25, 0.3) is 0 Å². The smallest absolute Gasteiger partial charge is 0.422 e. The second-order valence-corrected chi connectivity index (χ2v) is 9.13. The van der Waals surface area contributed by atoms with Crippen LogP contribution in [0.5, 0.6) is 0 Å². The van der Waals surface area contributed by atoms with Crippen LogP contribution < -0.4 is 5.43 Å². The molecule has 0 spiro atoms. The molecule has 2 rings (SSSR count). The van der Waals surface area contributed by atoms with Crippen LogP contribution in [0, 0.1) is 0 Å². The molecule has 1 aromatic rings. The fourth-order valence-electron chi connectivity index (χ4n) is 3.73. The highest BCUT2D eigenvalue weighted by Gasteiger charge is 2.54. The molecule has 35 heavy (non-hydrogen) atoms. The lowest BCUT2D eigenvalue weighted by Gasteiger charge is -2.47. The monoisotopic (exact) mass is 491 g/mol. The Morgan fingerprint density at radius 1 is 1.06 bits per heavy atom. The van der Waals surface area contributed by atoms with Gasteiger partial charge in [-0.2, -0.15) is 5.01 Å². The molecule has 0 bridgehead atoms. The zero-order valence-electron chi connectivity index (χ0n) is 20.8. The van der Waals surface area contributed by atoms with Crippen LogP contribution in [-0.4, -0.2) is 77.5 Å². The third-order valence-electron chi connectivity index (χ3n) is 5.38. The third kappa shape index (κ3) is 7.51. The topological polar surface area (TPSA) is 132 Å². The fourth-order valence-corrected chi connectivity index (χ4v) is 3.73. The summed E-state index contributed by atoms with van der Waals surface area (Å²) >= 11 is 0. The van der Waals surface area contributed by atoms with Crippen molar-refractivity contribution in [3.63, 3.8) is 0 Å². The van der Waals surface area contributed by atoms with E-state index in [0.717, 1.165) is 5.56 Å². The molecule has 1 aliphatic heterocycles. The van der Waals surface area contributed by atoms with Gasteiger partial charge in [0.05, 0.1) is 7.11 Å². The highest BCUT2D eigenvalue weighted by Crippen LogP contribution is 2.29. The maximum atomic E-state index is 13.6. The molecular formula is C24H33N3O8. The minimum absolute atomic E-state index is 0.00965. The largest absolute Gasteiger partial charge is 0.469 e. The molecule has 0 aliphatic carbocycles. The predicted octanol–water partition coefficient (Wildman–Crippen LogP) is 1.59. The number of amides is 2. The van der Waals surface area contributed by atoms with Gasteiger partial charge in [-0.15, -0.1) is 0 Å². The number of esters is 2. The van der Waals surface area contributed by atoms with Gasteiger partial charge in [0.15, 0.2) is 11.3 Å². The van der Waals surface area contributed by atoms with Gasteiger partial charge >= 0.3 is 18.0 Å². The number of ketones is 1. The molecule has 0 saturated carbocycles. The van der Waals surface area contributed by atoms with E-state index >= 15 is 0 Å². The Bertz CT molecular complexity index is 944. The molecule has 1 saturated heterocycles. The van der Waals surface area contributed by atoms with Crippen molar-refractivity contribution in [1.29, 1.82) is 0 Å². The zero-order valence-corrected chi connectivity index (χ0v) is 20.8. The summed E-state index contributed by atoms with van der Waals surface area (Å²) in [5.74, 6) is -2.60. The average Bonchev–Trinajstić information content (AvgIpc) is 2.78. The summed E-state index contributed by atoms with van der Waals surface area (Å²) in [6, 6.07) is 8.99. The van der Waals surface area contributed by atoms with E-state index in [4.69, 9.17) is 9.47 Å². The van der Waals surface area contributed by atoms with E-state index in [1.807, 2.05) is 6.07 Å². The van der Waals surface area contributed by atoms with Crippen molar-refractivity contribution in [3.8, 4) is 0 Å². The van der Waals surface area contributed by atoms with Gasteiger partial charge < -0.3 is 19.1 Å². The normalized spacial score (nSPS) is 18.5. The standard InChI is InChI=1S/C24H33N3O8/c1-17(28)24(12-11-19(29)33-5)21(31)26(15-20(30)35-23(2,3)4)13-14-27(24)25-22(32)34-16-18-9-7-6-8-10-18/h6-10H,11-16H2,1-5H3,(H,25,32)/t24-/m0/s1.